The first kappa shape index (κ1) is 25.4. The van der Waals surface area contributed by atoms with E-state index in [0.29, 0.717) is 0 Å². The summed E-state index contributed by atoms with van der Waals surface area (Å²) in [6.07, 6.45) is 2.06. The van der Waals surface area contributed by atoms with E-state index in [1.807, 2.05) is 0 Å². The minimum absolute atomic E-state index is 0.918. The fraction of sp³-hybridized carbons (Fsp3) is 0. The molecular formula is C45H26N4. The molecule has 0 spiro atoms. The fourth-order valence-corrected chi connectivity index (χ4v) is 8.78. The van der Waals surface area contributed by atoms with E-state index >= 15 is 0 Å². The summed E-state index contributed by atoms with van der Waals surface area (Å²) in [4.78, 5) is 5.25. The van der Waals surface area contributed by atoms with E-state index in [-0.39, 0.29) is 0 Å². The van der Waals surface area contributed by atoms with Gasteiger partial charge in [0.1, 0.15) is 5.82 Å². The maximum absolute atomic E-state index is 5.25. The fourth-order valence-electron chi connectivity index (χ4n) is 8.78. The summed E-state index contributed by atoms with van der Waals surface area (Å²) in [5.41, 5.74) is 9.51. The zero-order chi connectivity index (χ0) is 31.8. The summed E-state index contributed by atoms with van der Waals surface area (Å²) in [7, 11) is 0. The predicted octanol–water partition coefficient (Wildman–Crippen LogP) is 11.6. The Bertz CT molecular complexity index is 3320. The predicted molar refractivity (Wildman–Crippen MR) is 205 cm³/mol. The molecule has 12 rings (SSSR count). The van der Waals surface area contributed by atoms with Crippen LogP contribution < -0.4 is 0 Å². The summed E-state index contributed by atoms with van der Waals surface area (Å²) in [5.74, 6) is 0.918. The molecule has 0 bridgehead atoms. The van der Waals surface area contributed by atoms with E-state index in [1.165, 1.54) is 81.4 Å². The molecule has 49 heavy (non-hydrogen) atoms. The van der Waals surface area contributed by atoms with Crippen LogP contribution in [-0.2, 0) is 0 Å². The van der Waals surface area contributed by atoms with Crippen LogP contribution in [0.1, 0.15) is 0 Å². The molecule has 12 aromatic rings. The van der Waals surface area contributed by atoms with Crippen molar-refractivity contribution in [3.63, 3.8) is 0 Å². The molecular weight excluding hydrogens is 597 g/mol. The zero-order valence-corrected chi connectivity index (χ0v) is 26.3. The zero-order valence-electron chi connectivity index (χ0n) is 26.3. The first-order chi connectivity index (χ1) is 24.3. The second-order valence-corrected chi connectivity index (χ2v) is 13.2. The Balaban J connectivity index is 1.27. The highest BCUT2D eigenvalue weighted by Crippen LogP contribution is 2.47. The first-order valence-corrected chi connectivity index (χ1v) is 16.8. The molecule has 0 saturated carbocycles. The van der Waals surface area contributed by atoms with Gasteiger partial charge in [0.2, 0.25) is 0 Å². The summed E-state index contributed by atoms with van der Waals surface area (Å²) in [5, 5.41) is 12.6. The Kier molecular flexibility index (Phi) is 4.69. The second kappa shape index (κ2) is 9.03. The van der Waals surface area contributed by atoms with Crippen LogP contribution in [0.3, 0.4) is 0 Å². The van der Waals surface area contributed by atoms with E-state index in [4.69, 9.17) is 4.98 Å². The molecule has 0 radical (unpaired) electrons. The number of pyridine rings is 1. The van der Waals surface area contributed by atoms with Crippen LogP contribution in [0.4, 0.5) is 0 Å². The van der Waals surface area contributed by atoms with Crippen molar-refractivity contribution in [2.75, 3.05) is 0 Å². The van der Waals surface area contributed by atoms with Gasteiger partial charge in [-0.3, -0.25) is 4.57 Å². The van der Waals surface area contributed by atoms with Gasteiger partial charge in [0.15, 0.2) is 0 Å². The Hall–Kier alpha value is -6.65. The van der Waals surface area contributed by atoms with E-state index in [1.54, 1.807) is 0 Å². The molecule has 0 aliphatic heterocycles. The van der Waals surface area contributed by atoms with E-state index in [0.717, 1.165) is 22.5 Å². The summed E-state index contributed by atoms with van der Waals surface area (Å²) in [6.45, 7) is 0. The van der Waals surface area contributed by atoms with Crippen LogP contribution in [0.5, 0.6) is 0 Å². The average Bonchev–Trinajstić information content (AvgIpc) is 3.87. The lowest BCUT2D eigenvalue weighted by Gasteiger charge is -2.09. The minimum Gasteiger partial charge on any atom is -0.308 e. The van der Waals surface area contributed by atoms with Gasteiger partial charge in [-0.05, 0) is 65.4 Å². The van der Waals surface area contributed by atoms with Gasteiger partial charge >= 0.3 is 0 Å². The quantitative estimate of drug-likeness (QED) is 0.188. The second-order valence-electron chi connectivity index (χ2n) is 13.2. The largest absolute Gasteiger partial charge is 0.308 e. The van der Waals surface area contributed by atoms with Crippen LogP contribution in [0.25, 0.3) is 104 Å². The molecule has 5 heterocycles. The maximum Gasteiger partial charge on any atom is 0.138 e. The third-order valence-corrected chi connectivity index (χ3v) is 10.8. The highest BCUT2D eigenvalue weighted by molar-refractivity contribution is 6.36. The molecule has 226 valence electrons. The minimum atomic E-state index is 0.918. The van der Waals surface area contributed by atoms with Crippen molar-refractivity contribution in [2.45, 2.75) is 0 Å². The van der Waals surface area contributed by atoms with Crippen LogP contribution in [0, 0.1) is 0 Å². The highest BCUT2D eigenvalue weighted by atomic mass is 15.1. The number of rotatable bonds is 2. The van der Waals surface area contributed by atoms with Gasteiger partial charge in [-0.1, -0.05) is 97.1 Å². The lowest BCUT2D eigenvalue weighted by molar-refractivity contribution is 1.08. The molecule has 0 aliphatic carbocycles. The van der Waals surface area contributed by atoms with Crippen molar-refractivity contribution >= 4 is 92.5 Å². The molecule has 4 heteroatoms. The molecule has 0 atom stereocenters. The van der Waals surface area contributed by atoms with E-state index < -0.39 is 0 Å². The normalized spacial score (nSPS) is 12.5. The smallest absolute Gasteiger partial charge is 0.138 e. The highest BCUT2D eigenvalue weighted by Gasteiger charge is 2.25. The Morgan fingerprint density at radius 1 is 0.367 bits per heavy atom. The third kappa shape index (κ3) is 3.16. The number of para-hydroxylation sites is 4. The van der Waals surface area contributed by atoms with Crippen molar-refractivity contribution < 1.29 is 0 Å². The molecule has 4 nitrogen and oxygen atoms in total. The van der Waals surface area contributed by atoms with Crippen molar-refractivity contribution in [1.29, 1.82) is 0 Å². The number of aromatic nitrogens is 4. The third-order valence-electron chi connectivity index (χ3n) is 10.8. The van der Waals surface area contributed by atoms with E-state index in [2.05, 4.69) is 171 Å². The molecule has 0 unspecified atom stereocenters. The van der Waals surface area contributed by atoms with Crippen molar-refractivity contribution in [2.24, 2.45) is 0 Å². The van der Waals surface area contributed by atoms with Crippen molar-refractivity contribution in [3.8, 4) is 11.5 Å². The van der Waals surface area contributed by atoms with Gasteiger partial charge in [-0.15, -0.1) is 0 Å². The van der Waals surface area contributed by atoms with Gasteiger partial charge in [-0.2, -0.15) is 0 Å². The van der Waals surface area contributed by atoms with Gasteiger partial charge in [-0.25, -0.2) is 4.98 Å². The van der Waals surface area contributed by atoms with Crippen molar-refractivity contribution in [1.82, 2.24) is 18.5 Å². The number of benzene rings is 7. The monoisotopic (exact) mass is 622 g/mol. The number of fused-ring (bicyclic) bond motifs is 14. The van der Waals surface area contributed by atoms with Gasteiger partial charge < -0.3 is 8.97 Å². The molecule has 0 fully saturated rings. The summed E-state index contributed by atoms with van der Waals surface area (Å²) in [6, 6.07) is 55.2. The van der Waals surface area contributed by atoms with Crippen LogP contribution in [0.15, 0.2) is 158 Å². The van der Waals surface area contributed by atoms with Gasteiger partial charge in [0, 0.05) is 48.8 Å². The number of hydrogen-bond donors (Lipinski definition) is 0. The standard InChI is InChI=1S/C45H26N4/c1-2-14-29(15-3-1)47-36-19-9-6-16-30(36)33-25-42(46-26-41(33)47)48-38-21-11-8-18-32(38)43-40(48)24-34-31-17-7-10-20-37(31)49-39-23-28-13-5-4-12-27(28)22-35(39)44(43)45(34)49/h1-26H. The molecule has 0 saturated heterocycles. The summed E-state index contributed by atoms with van der Waals surface area (Å²) >= 11 is 0. The van der Waals surface area contributed by atoms with Gasteiger partial charge in [0.05, 0.1) is 44.8 Å². The lowest BCUT2D eigenvalue weighted by atomic mass is 10.0. The average molecular weight is 623 g/mol. The first-order valence-electron chi connectivity index (χ1n) is 16.8. The summed E-state index contributed by atoms with van der Waals surface area (Å²) < 4.78 is 7.21. The van der Waals surface area contributed by atoms with Gasteiger partial charge in [0.25, 0.3) is 0 Å². The van der Waals surface area contributed by atoms with Crippen LogP contribution >= 0.6 is 0 Å². The molecule has 5 aromatic heterocycles. The Morgan fingerprint density at radius 2 is 1.00 bits per heavy atom. The van der Waals surface area contributed by atoms with E-state index in [9.17, 15) is 0 Å². The molecule has 0 N–H and O–H groups in total. The van der Waals surface area contributed by atoms with Crippen LogP contribution in [0.2, 0.25) is 0 Å². The number of hydrogen-bond acceptors (Lipinski definition) is 1. The Morgan fingerprint density at radius 3 is 1.80 bits per heavy atom. The maximum atomic E-state index is 5.25. The molecule has 0 aliphatic rings. The number of nitrogens with zero attached hydrogens (tertiary/aromatic N) is 4. The SMILES string of the molecule is c1ccc(-n2c3ccccc3c3cc(-n4c5ccccc5c5c6c7cc8ccccc8cc7n7c8ccccc8c(cc54)c67)ncc32)cc1. The molecule has 7 aromatic carbocycles. The van der Waals surface area contributed by atoms with Crippen molar-refractivity contribution in [3.05, 3.63) is 158 Å². The molecule has 0 amide bonds. The Labute approximate surface area is 279 Å². The topological polar surface area (TPSA) is 27.2 Å². The lowest BCUT2D eigenvalue weighted by Crippen LogP contribution is -1.98. The van der Waals surface area contributed by atoms with Crippen LogP contribution in [-0.4, -0.2) is 18.5 Å².